The van der Waals surface area contributed by atoms with Gasteiger partial charge in [0, 0.05) is 5.56 Å². The van der Waals surface area contributed by atoms with Gasteiger partial charge in [0.1, 0.15) is 0 Å². The molecule has 0 bridgehead atoms. The summed E-state index contributed by atoms with van der Waals surface area (Å²) in [5.41, 5.74) is 0.574. The summed E-state index contributed by atoms with van der Waals surface area (Å²) in [4.78, 5) is 10.5. The molecule has 0 aliphatic carbocycles. The maximum atomic E-state index is 12.4. The Bertz CT molecular complexity index is 283. The van der Waals surface area contributed by atoms with Crippen molar-refractivity contribution in [3.8, 4) is 0 Å². The van der Waals surface area contributed by atoms with Gasteiger partial charge in [-0.15, -0.1) is 0 Å². The first-order chi connectivity index (χ1) is 5.16. The van der Waals surface area contributed by atoms with Crippen LogP contribution in [0, 0.1) is 12.9 Å². The second-order valence-corrected chi connectivity index (χ2v) is 1.93. The van der Waals surface area contributed by atoms with Crippen LogP contribution < -0.4 is 5.54 Å². The van der Waals surface area contributed by atoms with E-state index in [4.69, 9.17) is 0 Å². The molecule has 0 aromatic carbocycles. The molecule has 1 amide bonds. The van der Waals surface area contributed by atoms with Crippen LogP contribution in [0.5, 0.6) is 0 Å². The lowest BCUT2D eigenvalue weighted by Gasteiger charge is -1.90. The van der Waals surface area contributed by atoms with Gasteiger partial charge in [-0.05, 0) is 6.92 Å². The number of aromatic nitrogens is 2. The van der Waals surface area contributed by atoms with E-state index in [1.807, 2.05) is 5.10 Å². The molecular weight excluding hydrogens is 156 g/mol. The molecule has 0 fully saturated rings. The predicted octanol–water partition coefficient (Wildman–Crippen LogP) is 0.472. The van der Waals surface area contributed by atoms with Crippen LogP contribution in [0.25, 0.3) is 0 Å². The van der Waals surface area contributed by atoms with Gasteiger partial charge in [-0.3, -0.25) is 9.89 Å². The first-order valence-corrected chi connectivity index (χ1v) is 2.78. The number of amides is 1. The highest BCUT2D eigenvalue weighted by molar-refractivity contribution is 5.92. The number of hydrogen-bond acceptors (Lipinski definition) is 2. The lowest BCUT2D eigenvalue weighted by Crippen LogP contribution is -2.15. The number of carbonyl (C=O) groups is 1. The molecule has 0 spiro atoms. The molecule has 0 saturated carbocycles. The van der Waals surface area contributed by atoms with Crippen molar-refractivity contribution in [3.05, 3.63) is 17.2 Å². The number of hydrogen-bond donors (Lipinski definition) is 2. The SMILES string of the molecule is Cc1c(C(=O)NF)n[nH]c1F. The van der Waals surface area contributed by atoms with Gasteiger partial charge in [0.2, 0.25) is 5.95 Å². The lowest BCUT2D eigenvalue weighted by molar-refractivity contribution is 0.0853. The summed E-state index contributed by atoms with van der Waals surface area (Å²) in [6.45, 7) is 1.32. The first-order valence-electron chi connectivity index (χ1n) is 2.78. The molecular formula is C5H5F2N3O. The monoisotopic (exact) mass is 161 g/mol. The molecule has 0 aliphatic heterocycles. The van der Waals surface area contributed by atoms with Crippen LogP contribution in [0.3, 0.4) is 0 Å². The zero-order valence-corrected chi connectivity index (χ0v) is 5.61. The molecule has 11 heavy (non-hydrogen) atoms. The summed E-state index contributed by atoms with van der Waals surface area (Å²) in [6.07, 6.45) is 0. The summed E-state index contributed by atoms with van der Waals surface area (Å²) in [7, 11) is 0. The van der Waals surface area contributed by atoms with E-state index in [-0.39, 0.29) is 11.3 Å². The molecule has 2 N–H and O–H groups in total. The zero-order valence-electron chi connectivity index (χ0n) is 5.61. The van der Waals surface area contributed by atoms with Crippen LogP contribution in [0.15, 0.2) is 0 Å². The second-order valence-electron chi connectivity index (χ2n) is 1.93. The van der Waals surface area contributed by atoms with Crippen molar-refractivity contribution >= 4 is 5.91 Å². The van der Waals surface area contributed by atoms with Crippen molar-refractivity contribution in [2.24, 2.45) is 0 Å². The van der Waals surface area contributed by atoms with Crippen molar-refractivity contribution < 1.29 is 13.7 Å². The molecule has 60 valence electrons. The molecule has 1 aromatic rings. The molecule has 0 saturated heterocycles. The Labute approximate surface area is 60.5 Å². The minimum atomic E-state index is -1.05. The highest BCUT2D eigenvalue weighted by Gasteiger charge is 2.15. The highest BCUT2D eigenvalue weighted by Crippen LogP contribution is 2.06. The van der Waals surface area contributed by atoms with E-state index in [9.17, 15) is 13.7 Å². The van der Waals surface area contributed by atoms with E-state index in [0.29, 0.717) is 0 Å². The first kappa shape index (κ1) is 7.64. The Balaban J connectivity index is 3.04. The summed E-state index contributed by atoms with van der Waals surface area (Å²) >= 11 is 0. The van der Waals surface area contributed by atoms with Crippen LogP contribution in [-0.4, -0.2) is 16.1 Å². The van der Waals surface area contributed by atoms with E-state index < -0.39 is 11.9 Å². The average Bonchev–Trinajstić information content (AvgIpc) is 2.32. The zero-order chi connectivity index (χ0) is 8.43. The van der Waals surface area contributed by atoms with E-state index >= 15 is 0 Å². The highest BCUT2D eigenvalue weighted by atomic mass is 19.2. The number of carbonyl (C=O) groups excluding carboxylic acids is 1. The van der Waals surface area contributed by atoms with Gasteiger partial charge in [-0.25, -0.2) is 0 Å². The Hall–Kier alpha value is -1.46. The minimum absolute atomic E-state index is 0.000139. The molecule has 4 nitrogen and oxygen atoms in total. The van der Waals surface area contributed by atoms with Gasteiger partial charge in [0.15, 0.2) is 5.69 Å². The number of halogens is 2. The van der Waals surface area contributed by atoms with E-state index in [1.165, 1.54) is 6.92 Å². The second kappa shape index (κ2) is 2.65. The number of aromatic amines is 1. The molecule has 1 rings (SSSR count). The van der Waals surface area contributed by atoms with Crippen LogP contribution >= 0.6 is 0 Å². The number of nitrogens with one attached hydrogen (secondary N) is 2. The summed E-state index contributed by atoms with van der Waals surface area (Å²) in [6, 6.07) is 0. The Morgan fingerprint density at radius 3 is 2.73 bits per heavy atom. The lowest BCUT2D eigenvalue weighted by atomic mass is 10.3. The molecule has 1 heterocycles. The maximum absolute atomic E-state index is 12.4. The van der Waals surface area contributed by atoms with Gasteiger partial charge >= 0.3 is 0 Å². The quantitative estimate of drug-likeness (QED) is 0.588. The normalized spacial score (nSPS) is 9.73. The fourth-order valence-corrected chi connectivity index (χ4v) is 0.642. The fraction of sp³-hybridized carbons (Fsp3) is 0.200. The van der Waals surface area contributed by atoms with Gasteiger partial charge in [0.05, 0.1) is 0 Å². The summed E-state index contributed by atoms with van der Waals surface area (Å²) in [5.74, 6) is -1.79. The number of H-pyrrole nitrogens is 1. The molecule has 0 unspecified atom stereocenters. The Kier molecular flexibility index (Phi) is 1.84. The Morgan fingerprint density at radius 2 is 2.36 bits per heavy atom. The van der Waals surface area contributed by atoms with Gasteiger partial charge in [-0.2, -0.15) is 15.0 Å². The summed E-state index contributed by atoms with van der Waals surface area (Å²) < 4.78 is 23.9. The molecule has 0 atom stereocenters. The number of rotatable bonds is 1. The van der Waals surface area contributed by atoms with Gasteiger partial charge < -0.3 is 0 Å². The van der Waals surface area contributed by atoms with Crippen molar-refractivity contribution in [1.82, 2.24) is 15.7 Å². The molecule has 0 aliphatic rings. The van der Waals surface area contributed by atoms with Crippen LogP contribution in [0.1, 0.15) is 16.1 Å². The molecule has 1 aromatic heterocycles. The van der Waals surface area contributed by atoms with E-state index in [1.54, 1.807) is 0 Å². The average molecular weight is 161 g/mol. The molecule has 0 radical (unpaired) electrons. The Morgan fingerprint density at radius 1 is 1.73 bits per heavy atom. The largest absolute Gasteiger partial charge is 0.299 e. The third-order valence-electron chi connectivity index (χ3n) is 1.25. The van der Waals surface area contributed by atoms with Crippen molar-refractivity contribution in [2.75, 3.05) is 0 Å². The van der Waals surface area contributed by atoms with Crippen molar-refractivity contribution in [1.29, 1.82) is 0 Å². The van der Waals surface area contributed by atoms with Crippen LogP contribution in [0.2, 0.25) is 0 Å². The van der Waals surface area contributed by atoms with Crippen LogP contribution in [-0.2, 0) is 0 Å². The standard InChI is InChI=1S/C5H5F2N3O/c1-2-3(5(11)8-7)9-10-4(2)6/h1H3,(H,8,11)(H,9,10). The third kappa shape index (κ3) is 1.19. The van der Waals surface area contributed by atoms with E-state index in [0.717, 1.165) is 5.54 Å². The number of nitrogens with zero attached hydrogens (tertiary/aromatic N) is 1. The van der Waals surface area contributed by atoms with E-state index in [2.05, 4.69) is 5.10 Å². The third-order valence-corrected chi connectivity index (χ3v) is 1.25. The van der Waals surface area contributed by atoms with Crippen molar-refractivity contribution in [2.45, 2.75) is 6.92 Å². The van der Waals surface area contributed by atoms with Crippen LogP contribution in [0.4, 0.5) is 8.87 Å². The van der Waals surface area contributed by atoms with Gasteiger partial charge in [-0.1, -0.05) is 4.48 Å². The summed E-state index contributed by atoms with van der Waals surface area (Å²) in [5, 5.41) is 5.14. The van der Waals surface area contributed by atoms with Crippen molar-refractivity contribution in [3.63, 3.8) is 0 Å². The maximum Gasteiger partial charge on any atom is 0.299 e. The fourth-order valence-electron chi connectivity index (χ4n) is 0.642. The van der Waals surface area contributed by atoms with Gasteiger partial charge in [0.25, 0.3) is 5.91 Å². The smallest absolute Gasteiger partial charge is 0.265 e. The minimum Gasteiger partial charge on any atom is -0.265 e. The predicted molar refractivity (Wildman–Crippen MR) is 31.9 cm³/mol. The topological polar surface area (TPSA) is 57.8 Å². The molecule has 6 heteroatoms.